The molecule has 1 aliphatic rings. The Labute approximate surface area is 161 Å². The highest BCUT2D eigenvalue weighted by molar-refractivity contribution is 6.31. The molecule has 0 saturated heterocycles. The number of hydrogen-bond donors (Lipinski definition) is 3. The van der Waals surface area contributed by atoms with Crippen LogP contribution in [0.4, 0.5) is 19.0 Å². The minimum Gasteiger partial charge on any atom is -0.383 e. The maximum Gasteiger partial charge on any atom is 0.389 e. The molecule has 2 heterocycles. The van der Waals surface area contributed by atoms with Crippen LogP contribution in [0.1, 0.15) is 32.3 Å². The van der Waals surface area contributed by atoms with E-state index in [0.29, 0.717) is 22.0 Å². The van der Waals surface area contributed by atoms with Crippen LogP contribution in [0.3, 0.4) is 0 Å². The molecule has 0 aromatic carbocycles. The van der Waals surface area contributed by atoms with E-state index in [9.17, 15) is 13.2 Å². The van der Waals surface area contributed by atoms with E-state index in [1.807, 2.05) is 13.8 Å². The molecule has 5 nitrogen and oxygen atoms in total. The number of nitrogens with zero attached hydrogens (tertiary/aromatic N) is 2. The SMILES string of the molecule is C=C(C1=NC(NC(CCC(F)(F)F)C(C)C)C=CN1)c1cc(Cl)cnc1N. The maximum atomic E-state index is 12.6. The van der Waals surface area contributed by atoms with Crippen LogP contribution in [0.2, 0.25) is 5.02 Å². The summed E-state index contributed by atoms with van der Waals surface area (Å²) < 4.78 is 37.7. The van der Waals surface area contributed by atoms with E-state index in [4.69, 9.17) is 17.3 Å². The smallest absolute Gasteiger partial charge is 0.383 e. The van der Waals surface area contributed by atoms with Gasteiger partial charge in [-0.15, -0.1) is 0 Å². The van der Waals surface area contributed by atoms with Gasteiger partial charge in [-0.2, -0.15) is 13.2 Å². The van der Waals surface area contributed by atoms with E-state index < -0.39 is 18.8 Å². The van der Waals surface area contributed by atoms with Gasteiger partial charge in [-0.05, 0) is 24.5 Å². The Balaban J connectivity index is 2.13. The second-order valence-electron chi connectivity index (χ2n) is 6.66. The monoisotopic (exact) mass is 401 g/mol. The van der Waals surface area contributed by atoms with Gasteiger partial charge < -0.3 is 11.1 Å². The van der Waals surface area contributed by atoms with Gasteiger partial charge in [-0.3, -0.25) is 5.32 Å². The molecule has 2 atom stereocenters. The third-order valence-corrected chi connectivity index (χ3v) is 4.40. The topological polar surface area (TPSA) is 75.3 Å². The zero-order valence-electron chi connectivity index (χ0n) is 15.1. The number of aromatic nitrogens is 1. The summed E-state index contributed by atoms with van der Waals surface area (Å²) >= 11 is 5.97. The average Bonchev–Trinajstić information content (AvgIpc) is 2.59. The van der Waals surface area contributed by atoms with Crippen LogP contribution < -0.4 is 16.4 Å². The first-order valence-electron chi connectivity index (χ1n) is 8.51. The van der Waals surface area contributed by atoms with E-state index in [0.717, 1.165) is 0 Å². The number of anilines is 1. The minimum atomic E-state index is -4.18. The van der Waals surface area contributed by atoms with Gasteiger partial charge in [0.1, 0.15) is 17.8 Å². The Kier molecular flexibility index (Phi) is 6.89. The standard InChI is InChI=1S/C18H23ClF3N5/c1-10(2)14(4-6-18(20,21)22)26-15-5-7-24-17(27-15)11(3)13-8-12(19)9-25-16(13)23/h5,7-10,14-15,26H,3-4,6H2,1-2H3,(H2,23,25)(H,24,27). The molecule has 9 heteroatoms. The maximum absolute atomic E-state index is 12.6. The Hall–Kier alpha value is -2.06. The van der Waals surface area contributed by atoms with Gasteiger partial charge in [0.15, 0.2) is 0 Å². The Morgan fingerprint density at radius 3 is 2.78 bits per heavy atom. The number of nitrogen functional groups attached to an aromatic ring is 1. The fourth-order valence-corrected chi connectivity index (χ4v) is 2.82. The van der Waals surface area contributed by atoms with Crippen molar-refractivity contribution in [2.24, 2.45) is 10.9 Å². The molecule has 27 heavy (non-hydrogen) atoms. The molecule has 1 aromatic rings. The number of amidine groups is 1. The summed E-state index contributed by atoms with van der Waals surface area (Å²) in [6, 6.07) is 1.30. The van der Waals surface area contributed by atoms with Crippen LogP contribution in [0, 0.1) is 5.92 Å². The summed E-state index contributed by atoms with van der Waals surface area (Å²) in [6.07, 6.45) is -0.686. The molecule has 4 N–H and O–H groups in total. The highest BCUT2D eigenvalue weighted by Gasteiger charge is 2.30. The fourth-order valence-electron chi connectivity index (χ4n) is 2.66. The number of nitrogens with one attached hydrogen (secondary N) is 2. The largest absolute Gasteiger partial charge is 0.389 e. The molecule has 0 spiro atoms. The Bertz CT molecular complexity index is 743. The molecule has 2 rings (SSSR count). The normalized spacial score (nSPS) is 18.2. The van der Waals surface area contributed by atoms with Crippen molar-refractivity contribution in [3.05, 3.63) is 41.7 Å². The molecule has 1 aliphatic heterocycles. The van der Waals surface area contributed by atoms with Gasteiger partial charge in [0.05, 0.1) is 5.02 Å². The highest BCUT2D eigenvalue weighted by atomic mass is 35.5. The van der Waals surface area contributed by atoms with E-state index in [2.05, 4.69) is 27.2 Å². The zero-order valence-corrected chi connectivity index (χ0v) is 15.9. The first-order chi connectivity index (χ1) is 12.6. The lowest BCUT2D eigenvalue weighted by Crippen LogP contribution is -2.43. The first-order valence-corrected chi connectivity index (χ1v) is 8.89. The molecule has 0 radical (unpaired) electrons. The molecule has 0 amide bonds. The second-order valence-corrected chi connectivity index (χ2v) is 7.10. The van der Waals surface area contributed by atoms with Gasteiger partial charge in [0.25, 0.3) is 0 Å². The zero-order chi connectivity index (χ0) is 20.2. The number of alkyl halides is 3. The van der Waals surface area contributed by atoms with Crippen LogP contribution >= 0.6 is 11.6 Å². The lowest BCUT2D eigenvalue weighted by Gasteiger charge is -2.28. The van der Waals surface area contributed by atoms with Gasteiger partial charge in [0.2, 0.25) is 0 Å². The second kappa shape index (κ2) is 8.75. The predicted octanol–water partition coefficient (Wildman–Crippen LogP) is 4.13. The van der Waals surface area contributed by atoms with Crippen molar-refractivity contribution in [2.75, 3.05) is 5.73 Å². The van der Waals surface area contributed by atoms with Crippen LogP contribution in [0.15, 0.2) is 36.1 Å². The number of nitrogens with two attached hydrogens (primary N) is 1. The molecule has 1 aromatic heterocycles. The van der Waals surface area contributed by atoms with Crippen molar-refractivity contribution in [1.82, 2.24) is 15.6 Å². The van der Waals surface area contributed by atoms with Crippen LogP contribution in [0.25, 0.3) is 5.57 Å². The molecular formula is C18H23ClF3N5. The lowest BCUT2D eigenvalue weighted by atomic mass is 9.98. The summed E-state index contributed by atoms with van der Waals surface area (Å²) in [4.78, 5) is 8.49. The highest BCUT2D eigenvalue weighted by Crippen LogP contribution is 2.25. The summed E-state index contributed by atoms with van der Waals surface area (Å²) in [5.74, 6) is 0.729. The summed E-state index contributed by atoms with van der Waals surface area (Å²) in [6.45, 7) is 7.74. The molecular weight excluding hydrogens is 379 g/mol. The Morgan fingerprint density at radius 1 is 1.44 bits per heavy atom. The van der Waals surface area contributed by atoms with Crippen molar-refractivity contribution in [2.45, 2.75) is 45.1 Å². The van der Waals surface area contributed by atoms with Crippen molar-refractivity contribution < 1.29 is 13.2 Å². The predicted molar refractivity (Wildman–Crippen MR) is 103 cm³/mol. The van der Waals surface area contributed by atoms with Crippen molar-refractivity contribution >= 4 is 28.8 Å². The lowest BCUT2D eigenvalue weighted by molar-refractivity contribution is -0.137. The van der Waals surface area contributed by atoms with Crippen LogP contribution in [0.5, 0.6) is 0 Å². The molecule has 0 bridgehead atoms. The van der Waals surface area contributed by atoms with Crippen LogP contribution in [-0.4, -0.2) is 29.2 Å². The van der Waals surface area contributed by atoms with E-state index >= 15 is 0 Å². The number of pyridine rings is 1. The quantitative estimate of drug-likeness (QED) is 0.642. The van der Waals surface area contributed by atoms with E-state index in [-0.39, 0.29) is 24.2 Å². The number of rotatable bonds is 7. The summed E-state index contributed by atoms with van der Waals surface area (Å²) in [5.41, 5.74) is 6.92. The summed E-state index contributed by atoms with van der Waals surface area (Å²) in [7, 11) is 0. The molecule has 0 aliphatic carbocycles. The summed E-state index contributed by atoms with van der Waals surface area (Å²) in [5, 5.41) is 6.55. The Morgan fingerprint density at radius 2 is 2.15 bits per heavy atom. The first kappa shape index (κ1) is 21.2. The average molecular weight is 402 g/mol. The van der Waals surface area contributed by atoms with Gasteiger partial charge >= 0.3 is 6.18 Å². The molecule has 148 valence electrons. The number of halogens is 4. The van der Waals surface area contributed by atoms with Crippen LogP contribution in [-0.2, 0) is 0 Å². The van der Waals surface area contributed by atoms with Crippen molar-refractivity contribution in [3.63, 3.8) is 0 Å². The van der Waals surface area contributed by atoms with Crippen molar-refractivity contribution in [3.8, 4) is 0 Å². The number of aliphatic imine (C=N–C) groups is 1. The van der Waals surface area contributed by atoms with Gasteiger partial charge in [-0.1, -0.05) is 32.0 Å². The van der Waals surface area contributed by atoms with Gasteiger partial charge in [0, 0.05) is 36.0 Å². The minimum absolute atomic E-state index is 0.0180. The number of hydrogen-bond acceptors (Lipinski definition) is 5. The molecule has 0 saturated carbocycles. The third-order valence-electron chi connectivity index (χ3n) is 4.19. The third kappa shape index (κ3) is 6.25. The van der Waals surface area contributed by atoms with Gasteiger partial charge in [-0.25, -0.2) is 9.98 Å². The molecule has 2 unspecified atom stereocenters. The molecule has 0 fully saturated rings. The van der Waals surface area contributed by atoms with E-state index in [1.165, 1.54) is 6.20 Å². The van der Waals surface area contributed by atoms with Crippen molar-refractivity contribution in [1.29, 1.82) is 0 Å². The van der Waals surface area contributed by atoms with E-state index in [1.54, 1.807) is 18.3 Å². The fraction of sp³-hybridized carbons (Fsp3) is 0.444.